The van der Waals surface area contributed by atoms with Crippen molar-refractivity contribution in [3.05, 3.63) is 35.9 Å². The Kier molecular flexibility index (Phi) is 6.67. The minimum absolute atomic E-state index is 0.0258. The summed E-state index contributed by atoms with van der Waals surface area (Å²) in [5.41, 5.74) is 1.25. The van der Waals surface area contributed by atoms with Gasteiger partial charge in [0.05, 0.1) is 6.04 Å². The summed E-state index contributed by atoms with van der Waals surface area (Å²) in [5.74, 6) is -0.162. The van der Waals surface area contributed by atoms with Crippen LogP contribution in [0.5, 0.6) is 0 Å². The van der Waals surface area contributed by atoms with Crippen molar-refractivity contribution < 1.29 is 14.7 Å². The van der Waals surface area contributed by atoms with E-state index < -0.39 is 5.97 Å². The number of rotatable bonds is 6. The quantitative estimate of drug-likeness (QED) is 0.849. The third-order valence-electron chi connectivity index (χ3n) is 5.72. The van der Waals surface area contributed by atoms with E-state index in [1.165, 1.54) is 5.56 Å². The minimum atomic E-state index is -0.741. The van der Waals surface area contributed by atoms with Gasteiger partial charge in [-0.3, -0.25) is 14.5 Å². The number of carbonyl (C=O) groups excluding carboxylic acids is 1. The maximum atomic E-state index is 13.2. The molecule has 1 amide bonds. The molecule has 2 fully saturated rings. The highest BCUT2D eigenvalue weighted by molar-refractivity contribution is 5.82. The van der Waals surface area contributed by atoms with Crippen molar-refractivity contribution >= 4 is 11.9 Å². The zero-order valence-corrected chi connectivity index (χ0v) is 15.5. The van der Waals surface area contributed by atoms with Crippen molar-refractivity contribution in [1.82, 2.24) is 9.80 Å². The Labute approximate surface area is 156 Å². The number of carboxylic acid groups (broad SMARTS) is 1. The van der Waals surface area contributed by atoms with Crippen LogP contribution in [0.4, 0.5) is 0 Å². The zero-order valence-electron chi connectivity index (χ0n) is 15.5. The molecule has 0 spiro atoms. The van der Waals surface area contributed by atoms with Crippen LogP contribution in [0.15, 0.2) is 30.3 Å². The van der Waals surface area contributed by atoms with Crippen LogP contribution < -0.4 is 0 Å². The summed E-state index contributed by atoms with van der Waals surface area (Å²) in [6, 6.07) is 10.3. The fraction of sp³-hybridized carbons (Fsp3) is 0.619. The fourth-order valence-electron chi connectivity index (χ4n) is 4.32. The lowest BCUT2D eigenvalue weighted by Gasteiger charge is -2.40. The summed E-state index contributed by atoms with van der Waals surface area (Å²) in [6.07, 6.45) is 6.10. The minimum Gasteiger partial charge on any atom is -0.481 e. The lowest BCUT2D eigenvalue weighted by molar-refractivity contribution is -0.140. The second kappa shape index (κ2) is 9.17. The first-order valence-electron chi connectivity index (χ1n) is 9.92. The van der Waals surface area contributed by atoms with Crippen LogP contribution in [0.1, 0.15) is 50.5 Å². The number of carbonyl (C=O) groups is 2. The van der Waals surface area contributed by atoms with Gasteiger partial charge in [0, 0.05) is 26.1 Å². The van der Waals surface area contributed by atoms with Gasteiger partial charge in [0.2, 0.25) is 5.91 Å². The highest BCUT2D eigenvalue weighted by Gasteiger charge is 2.34. The number of nitrogens with zero attached hydrogens (tertiary/aromatic N) is 2. The van der Waals surface area contributed by atoms with Crippen molar-refractivity contribution in [2.75, 3.05) is 19.6 Å². The molecule has 1 N–H and O–H groups in total. The van der Waals surface area contributed by atoms with Gasteiger partial charge in [-0.05, 0) is 50.1 Å². The van der Waals surface area contributed by atoms with E-state index in [-0.39, 0.29) is 18.4 Å². The van der Waals surface area contributed by atoms with Gasteiger partial charge in [-0.25, -0.2) is 0 Å². The van der Waals surface area contributed by atoms with Crippen LogP contribution in [-0.4, -0.2) is 52.5 Å². The molecule has 2 aliphatic heterocycles. The first kappa shape index (κ1) is 18.9. The predicted octanol–water partition coefficient (Wildman–Crippen LogP) is 3.14. The summed E-state index contributed by atoms with van der Waals surface area (Å²) < 4.78 is 0. The van der Waals surface area contributed by atoms with Crippen molar-refractivity contribution in [1.29, 1.82) is 0 Å². The topological polar surface area (TPSA) is 60.9 Å². The van der Waals surface area contributed by atoms with Crippen LogP contribution >= 0.6 is 0 Å². The van der Waals surface area contributed by atoms with Crippen molar-refractivity contribution in [2.45, 2.75) is 57.5 Å². The third kappa shape index (κ3) is 5.07. The Balaban J connectivity index is 1.61. The van der Waals surface area contributed by atoms with Crippen molar-refractivity contribution in [3.63, 3.8) is 0 Å². The van der Waals surface area contributed by atoms with Crippen LogP contribution in [0.2, 0.25) is 0 Å². The molecular weight excluding hydrogens is 328 g/mol. The lowest BCUT2D eigenvalue weighted by atomic mass is 9.92. The van der Waals surface area contributed by atoms with Crippen LogP contribution in [-0.2, 0) is 16.1 Å². The lowest BCUT2D eigenvalue weighted by Crippen LogP contribution is -2.52. The standard InChI is InChI=1S/C21H30N2O3/c24-20(25)12-11-18-9-6-14-23(16-18)21(26)19-10-4-5-13-22(19)15-17-7-2-1-3-8-17/h1-3,7-8,18-19H,4-6,9-16H2,(H,24,25). The number of hydrogen-bond acceptors (Lipinski definition) is 3. The number of piperidine rings is 2. The average molecular weight is 358 g/mol. The summed E-state index contributed by atoms with van der Waals surface area (Å²) in [4.78, 5) is 28.4. The molecule has 1 aromatic rings. The molecule has 0 saturated carbocycles. The van der Waals surface area contributed by atoms with E-state index in [1.807, 2.05) is 23.1 Å². The normalized spacial score (nSPS) is 24.4. The maximum Gasteiger partial charge on any atom is 0.303 e. The molecule has 2 atom stereocenters. The molecule has 2 heterocycles. The van der Waals surface area contributed by atoms with Crippen LogP contribution in [0, 0.1) is 5.92 Å². The molecule has 5 heteroatoms. The largest absolute Gasteiger partial charge is 0.481 e. The average Bonchev–Trinajstić information content (AvgIpc) is 2.67. The molecule has 1 aromatic carbocycles. The number of carboxylic acids is 1. The summed E-state index contributed by atoms with van der Waals surface area (Å²) in [5, 5.41) is 8.91. The van der Waals surface area contributed by atoms with E-state index in [0.29, 0.717) is 12.3 Å². The molecule has 0 radical (unpaired) electrons. The predicted molar refractivity (Wildman–Crippen MR) is 101 cm³/mol. The van der Waals surface area contributed by atoms with E-state index in [1.54, 1.807) is 0 Å². The summed E-state index contributed by atoms with van der Waals surface area (Å²) in [7, 11) is 0. The molecule has 2 unspecified atom stereocenters. The fourth-order valence-corrected chi connectivity index (χ4v) is 4.32. The molecule has 0 aliphatic carbocycles. The number of aliphatic carboxylic acids is 1. The monoisotopic (exact) mass is 358 g/mol. The molecular formula is C21H30N2O3. The third-order valence-corrected chi connectivity index (χ3v) is 5.72. The molecule has 2 saturated heterocycles. The van der Waals surface area contributed by atoms with Gasteiger partial charge in [0.25, 0.3) is 0 Å². The Morgan fingerprint density at radius 2 is 1.85 bits per heavy atom. The van der Waals surface area contributed by atoms with Gasteiger partial charge in [0.1, 0.15) is 0 Å². The first-order chi connectivity index (χ1) is 12.6. The maximum absolute atomic E-state index is 13.2. The molecule has 142 valence electrons. The van der Waals surface area contributed by atoms with E-state index in [9.17, 15) is 9.59 Å². The number of hydrogen-bond donors (Lipinski definition) is 1. The second-order valence-corrected chi connectivity index (χ2v) is 7.69. The van der Waals surface area contributed by atoms with Gasteiger partial charge in [-0.2, -0.15) is 0 Å². The Hall–Kier alpha value is -1.88. The number of amides is 1. The van der Waals surface area contributed by atoms with E-state index in [4.69, 9.17) is 5.11 Å². The van der Waals surface area contributed by atoms with Gasteiger partial charge in [0.15, 0.2) is 0 Å². The van der Waals surface area contributed by atoms with Gasteiger partial charge in [-0.1, -0.05) is 36.8 Å². The highest BCUT2D eigenvalue weighted by Crippen LogP contribution is 2.26. The Bertz CT molecular complexity index is 605. The van der Waals surface area contributed by atoms with E-state index in [2.05, 4.69) is 17.0 Å². The molecule has 5 nitrogen and oxygen atoms in total. The summed E-state index contributed by atoms with van der Waals surface area (Å²) >= 11 is 0. The SMILES string of the molecule is O=C(O)CCC1CCCN(C(=O)C2CCCCN2Cc2ccccc2)C1. The zero-order chi connectivity index (χ0) is 18.4. The van der Waals surface area contributed by atoms with Crippen molar-refractivity contribution in [3.8, 4) is 0 Å². The smallest absolute Gasteiger partial charge is 0.303 e. The first-order valence-corrected chi connectivity index (χ1v) is 9.92. The van der Waals surface area contributed by atoms with Gasteiger partial charge >= 0.3 is 5.97 Å². The van der Waals surface area contributed by atoms with Gasteiger partial charge < -0.3 is 10.0 Å². The van der Waals surface area contributed by atoms with E-state index in [0.717, 1.165) is 58.3 Å². The Morgan fingerprint density at radius 3 is 2.62 bits per heavy atom. The molecule has 26 heavy (non-hydrogen) atoms. The van der Waals surface area contributed by atoms with Crippen molar-refractivity contribution in [2.24, 2.45) is 5.92 Å². The number of benzene rings is 1. The van der Waals surface area contributed by atoms with E-state index >= 15 is 0 Å². The molecule has 3 rings (SSSR count). The molecule has 0 bridgehead atoms. The number of likely N-dealkylation sites (tertiary alicyclic amines) is 2. The summed E-state index contributed by atoms with van der Waals surface area (Å²) in [6.45, 7) is 3.34. The van der Waals surface area contributed by atoms with Crippen LogP contribution in [0.25, 0.3) is 0 Å². The molecule has 0 aromatic heterocycles. The second-order valence-electron chi connectivity index (χ2n) is 7.69. The highest BCUT2D eigenvalue weighted by atomic mass is 16.4. The molecule has 2 aliphatic rings. The van der Waals surface area contributed by atoms with Crippen LogP contribution in [0.3, 0.4) is 0 Å². The van der Waals surface area contributed by atoms with Gasteiger partial charge in [-0.15, -0.1) is 0 Å². The Morgan fingerprint density at radius 1 is 1.04 bits per heavy atom.